The van der Waals surface area contributed by atoms with Crippen molar-refractivity contribution >= 4 is 27.5 Å². The van der Waals surface area contributed by atoms with Crippen LogP contribution in [0, 0.1) is 0 Å². The molecule has 1 aliphatic rings. The number of sulfonamides is 1. The molecule has 0 bridgehead atoms. The normalized spacial score (nSPS) is 14.7. The van der Waals surface area contributed by atoms with Crippen LogP contribution >= 0.6 is 0 Å². The van der Waals surface area contributed by atoms with Crippen molar-refractivity contribution in [2.75, 3.05) is 12.4 Å². The zero-order valence-electron chi connectivity index (χ0n) is 13.5. The van der Waals surface area contributed by atoms with Crippen molar-refractivity contribution in [2.24, 2.45) is 4.40 Å². The fourth-order valence-electron chi connectivity index (χ4n) is 2.50. The van der Waals surface area contributed by atoms with Crippen LogP contribution in [0.4, 0.5) is 5.69 Å². The summed E-state index contributed by atoms with van der Waals surface area (Å²) in [5.74, 6) is 0.426. The first-order chi connectivity index (χ1) is 12.0. The van der Waals surface area contributed by atoms with Crippen molar-refractivity contribution in [1.29, 1.82) is 0 Å². The minimum Gasteiger partial charge on any atom is -0.496 e. The maximum Gasteiger partial charge on any atom is 0.286 e. The molecule has 2 N–H and O–H groups in total. The molecule has 0 saturated carbocycles. The zero-order valence-corrected chi connectivity index (χ0v) is 14.3. The topological polar surface area (TPSA) is 96.9 Å². The molecule has 0 radical (unpaired) electrons. The summed E-state index contributed by atoms with van der Waals surface area (Å²) in [6.45, 7) is 0.277. The Balaban J connectivity index is 1.67. The number of hydrogen-bond donors (Lipinski definition) is 2. The fourth-order valence-corrected chi connectivity index (χ4v) is 3.65. The van der Waals surface area contributed by atoms with Gasteiger partial charge in [-0.25, -0.2) is 0 Å². The number of carbonyl (C=O) groups excluding carboxylic acids is 1. The third kappa shape index (κ3) is 3.80. The molecule has 0 atom stereocenters. The lowest BCUT2D eigenvalue weighted by Crippen LogP contribution is -2.30. The van der Waals surface area contributed by atoms with E-state index < -0.39 is 10.0 Å². The number of methoxy groups -OCH3 is 1. The average molecular weight is 359 g/mol. The largest absolute Gasteiger partial charge is 0.496 e. The molecule has 2 aromatic carbocycles. The van der Waals surface area contributed by atoms with Crippen LogP contribution in [0.15, 0.2) is 57.8 Å². The van der Waals surface area contributed by atoms with Crippen LogP contribution in [-0.2, 0) is 21.4 Å². The van der Waals surface area contributed by atoms with Crippen LogP contribution < -0.4 is 15.4 Å². The van der Waals surface area contributed by atoms with E-state index in [2.05, 4.69) is 15.0 Å². The molecule has 0 aromatic heterocycles. The maximum atomic E-state index is 12.2. The SMILES string of the molecule is COc1ccccc1CNC(=O)CC1=NS(=O)(=O)c2ccccc2N1. The molecule has 0 unspecified atom stereocenters. The summed E-state index contributed by atoms with van der Waals surface area (Å²) < 4.78 is 33.2. The van der Waals surface area contributed by atoms with E-state index >= 15 is 0 Å². The lowest BCUT2D eigenvalue weighted by Gasteiger charge is -2.17. The molecular weight excluding hydrogens is 342 g/mol. The van der Waals surface area contributed by atoms with Gasteiger partial charge < -0.3 is 15.4 Å². The molecule has 0 fully saturated rings. The Labute approximate surface area is 145 Å². The monoisotopic (exact) mass is 359 g/mol. The van der Waals surface area contributed by atoms with Crippen LogP contribution in [0.5, 0.6) is 5.75 Å². The number of amides is 1. The summed E-state index contributed by atoms with van der Waals surface area (Å²) in [6.07, 6.45) is -0.164. The third-order valence-electron chi connectivity index (χ3n) is 3.67. The summed E-state index contributed by atoms with van der Waals surface area (Å²) >= 11 is 0. The summed E-state index contributed by atoms with van der Waals surface area (Å²) in [5.41, 5.74) is 1.25. The average Bonchev–Trinajstić information content (AvgIpc) is 2.59. The molecule has 130 valence electrons. The van der Waals surface area contributed by atoms with Gasteiger partial charge in [0.05, 0.1) is 19.2 Å². The predicted octanol–water partition coefficient (Wildman–Crippen LogP) is 1.91. The molecule has 0 spiro atoms. The number of fused-ring (bicyclic) bond motifs is 1. The van der Waals surface area contributed by atoms with Gasteiger partial charge in [-0.3, -0.25) is 4.79 Å². The minimum atomic E-state index is -3.79. The second-order valence-electron chi connectivity index (χ2n) is 5.40. The number of carbonyl (C=O) groups is 1. The maximum absolute atomic E-state index is 12.2. The molecule has 8 heteroatoms. The summed E-state index contributed by atoms with van der Waals surface area (Å²) in [6, 6.07) is 13.8. The van der Waals surface area contributed by atoms with E-state index in [4.69, 9.17) is 4.74 Å². The molecule has 1 heterocycles. The van der Waals surface area contributed by atoms with Gasteiger partial charge in [0.25, 0.3) is 10.0 Å². The number of amidine groups is 1. The van der Waals surface area contributed by atoms with Gasteiger partial charge in [-0.2, -0.15) is 8.42 Å². The van der Waals surface area contributed by atoms with Crippen molar-refractivity contribution in [3.63, 3.8) is 0 Å². The van der Waals surface area contributed by atoms with Gasteiger partial charge >= 0.3 is 0 Å². The number of hydrogen-bond acceptors (Lipinski definition) is 5. The van der Waals surface area contributed by atoms with Gasteiger partial charge in [0.1, 0.15) is 16.5 Å². The number of nitrogens with one attached hydrogen (secondary N) is 2. The van der Waals surface area contributed by atoms with E-state index in [9.17, 15) is 13.2 Å². The highest BCUT2D eigenvalue weighted by Crippen LogP contribution is 2.27. The first-order valence-corrected chi connectivity index (χ1v) is 9.02. The number of benzene rings is 2. The second-order valence-corrected chi connectivity index (χ2v) is 6.97. The smallest absolute Gasteiger partial charge is 0.286 e. The molecule has 2 aromatic rings. The van der Waals surface area contributed by atoms with Crippen LogP contribution in [0.3, 0.4) is 0 Å². The first-order valence-electron chi connectivity index (χ1n) is 7.58. The molecule has 1 amide bonds. The van der Waals surface area contributed by atoms with Crippen molar-refractivity contribution in [2.45, 2.75) is 17.9 Å². The third-order valence-corrected chi connectivity index (χ3v) is 5.04. The Morgan fingerprint density at radius 1 is 1.16 bits per heavy atom. The van der Waals surface area contributed by atoms with E-state index in [1.165, 1.54) is 6.07 Å². The quantitative estimate of drug-likeness (QED) is 0.850. The standard InChI is InChI=1S/C17H17N3O4S/c1-24-14-8-4-2-6-12(14)11-18-17(21)10-16-19-13-7-3-5-9-15(13)25(22,23)20-16/h2-9H,10-11H2,1H3,(H,18,21)(H,19,20). The molecule has 3 rings (SSSR count). The fraction of sp³-hybridized carbons (Fsp3) is 0.176. The van der Waals surface area contributed by atoms with Crippen molar-refractivity contribution in [3.8, 4) is 5.75 Å². The van der Waals surface area contributed by atoms with Crippen molar-refractivity contribution < 1.29 is 17.9 Å². The summed E-state index contributed by atoms with van der Waals surface area (Å²) in [7, 11) is -2.23. The van der Waals surface area contributed by atoms with Gasteiger partial charge in [-0.15, -0.1) is 4.40 Å². The van der Waals surface area contributed by atoms with Crippen molar-refractivity contribution in [3.05, 3.63) is 54.1 Å². The van der Waals surface area contributed by atoms with Crippen LogP contribution in [0.25, 0.3) is 0 Å². The van der Waals surface area contributed by atoms with E-state index in [0.29, 0.717) is 11.4 Å². The highest BCUT2D eigenvalue weighted by Gasteiger charge is 2.25. The van der Waals surface area contributed by atoms with Crippen LogP contribution in [0.1, 0.15) is 12.0 Å². The van der Waals surface area contributed by atoms with E-state index in [1.807, 2.05) is 18.2 Å². The Hall–Kier alpha value is -2.87. The van der Waals surface area contributed by atoms with Crippen LogP contribution in [-0.4, -0.2) is 27.3 Å². The summed E-state index contributed by atoms with van der Waals surface area (Å²) in [4.78, 5) is 12.2. The first kappa shape index (κ1) is 17.0. The number of nitrogens with zero attached hydrogens (tertiary/aromatic N) is 1. The number of para-hydroxylation sites is 2. The molecule has 25 heavy (non-hydrogen) atoms. The van der Waals surface area contributed by atoms with Gasteiger partial charge in [0, 0.05) is 12.1 Å². The Morgan fingerprint density at radius 3 is 2.68 bits per heavy atom. The van der Waals surface area contributed by atoms with E-state index in [0.717, 1.165) is 5.56 Å². The Kier molecular flexibility index (Phi) is 4.71. The predicted molar refractivity (Wildman–Crippen MR) is 94.1 cm³/mol. The molecule has 1 aliphatic heterocycles. The number of anilines is 1. The van der Waals surface area contributed by atoms with Gasteiger partial charge in [-0.1, -0.05) is 30.3 Å². The highest BCUT2D eigenvalue weighted by atomic mass is 32.2. The highest BCUT2D eigenvalue weighted by molar-refractivity contribution is 7.90. The lowest BCUT2D eigenvalue weighted by molar-refractivity contribution is -0.120. The van der Waals surface area contributed by atoms with Gasteiger partial charge in [-0.05, 0) is 18.2 Å². The second kappa shape index (κ2) is 6.94. The summed E-state index contributed by atoms with van der Waals surface area (Å²) in [5, 5.41) is 5.63. The van der Waals surface area contributed by atoms with Gasteiger partial charge in [0.15, 0.2) is 0 Å². The molecular formula is C17H17N3O4S. The molecule has 7 nitrogen and oxygen atoms in total. The number of ether oxygens (including phenoxy) is 1. The van der Waals surface area contributed by atoms with E-state index in [1.54, 1.807) is 31.4 Å². The Morgan fingerprint density at radius 2 is 1.88 bits per heavy atom. The van der Waals surface area contributed by atoms with E-state index in [-0.39, 0.29) is 29.6 Å². The van der Waals surface area contributed by atoms with Crippen molar-refractivity contribution in [1.82, 2.24) is 5.32 Å². The molecule has 0 aliphatic carbocycles. The lowest BCUT2D eigenvalue weighted by atomic mass is 10.2. The Bertz CT molecular complexity index is 938. The molecule has 0 saturated heterocycles. The van der Waals surface area contributed by atoms with Gasteiger partial charge in [0.2, 0.25) is 5.91 Å². The van der Waals surface area contributed by atoms with Crippen LogP contribution in [0.2, 0.25) is 0 Å². The number of rotatable bonds is 5. The zero-order chi connectivity index (χ0) is 17.9. The minimum absolute atomic E-state index is 0.0937.